The fourth-order valence-electron chi connectivity index (χ4n) is 1.87. The van der Waals surface area contributed by atoms with Crippen LogP contribution < -0.4 is 0 Å². The van der Waals surface area contributed by atoms with Crippen molar-refractivity contribution in [3.05, 3.63) is 63.7 Å². The number of rotatable bonds is 3. The molecule has 2 rings (SSSR count). The van der Waals surface area contributed by atoms with Crippen LogP contribution in [0.2, 0.25) is 0 Å². The first kappa shape index (κ1) is 12.0. The molecule has 0 aliphatic rings. The lowest BCUT2D eigenvalue weighted by molar-refractivity contribution is -0.384. The Morgan fingerprint density at radius 2 is 1.94 bits per heavy atom. The molecule has 0 bridgehead atoms. The smallest absolute Gasteiger partial charge is 0.270 e. The highest BCUT2D eigenvalue weighted by atomic mass is 16.6. The summed E-state index contributed by atoms with van der Waals surface area (Å²) in [5, 5.41) is 10.7. The van der Waals surface area contributed by atoms with Gasteiger partial charge in [-0.25, -0.2) is 0 Å². The number of benzene rings is 2. The number of carbonyl (C=O) groups is 1. The molecule has 0 fully saturated rings. The summed E-state index contributed by atoms with van der Waals surface area (Å²) in [4.78, 5) is 21.0. The van der Waals surface area contributed by atoms with Gasteiger partial charge in [0.2, 0.25) is 0 Å². The molecule has 0 unspecified atom stereocenters. The van der Waals surface area contributed by atoms with Crippen molar-refractivity contribution in [3.63, 3.8) is 0 Å². The number of aryl methyl sites for hydroxylation is 1. The third-order valence-corrected chi connectivity index (χ3v) is 2.75. The first-order chi connectivity index (χ1) is 8.61. The van der Waals surface area contributed by atoms with Gasteiger partial charge in [-0.1, -0.05) is 24.3 Å². The van der Waals surface area contributed by atoms with Crippen LogP contribution in [-0.2, 0) is 0 Å². The van der Waals surface area contributed by atoms with E-state index >= 15 is 0 Å². The average molecular weight is 241 g/mol. The minimum atomic E-state index is -0.418. The maximum Gasteiger partial charge on any atom is 0.270 e. The zero-order valence-corrected chi connectivity index (χ0v) is 9.79. The van der Waals surface area contributed by atoms with Gasteiger partial charge in [-0.05, 0) is 29.7 Å². The van der Waals surface area contributed by atoms with E-state index in [1.54, 1.807) is 24.3 Å². The van der Waals surface area contributed by atoms with E-state index in [9.17, 15) is 14.9 Å². The van der Waals surface area contributed by atoms with Crippen molar-refractivity contribution < 1.29 is 9.72 Å². The van der Waals surface area contributed by atoms with Gasteiger partial charge in [0.25, 0.3) is 5.69 Å². The number of nitrogens with zero attached hydrogens (tertiary/aromatic N) is 1. The molecule has 4 heteroatoms. The highest BCUT2D eigenvalue weighted by molar-refractivity contribution is 5.79. The van der Waals surface area contributed by atoms with Crippen molar-refractivity contribution in [3.8, 4) is 11.1 Å². The second-order valence-corrected chi connectivity index (χ2v) is 4.00. The summed E-state index contributed by atoms with van der Waals surface area (Å²) in [5.74, 6) is 0. The van der Waals surface area contributed by atoms with E-state index in [4.69, 9.17) is 0 Å². The Bertz CT molecular complexity index is 620. The summed E-state index contributed by atoms with van der Waals surface area (Å²) >= 11 is 0. The summed E-state index contributed by atoms with van der Waals surface area (Å²) in [7, 11) is 0. The molecule has 90 valence electrons. The molecule has 18 heavy (non-hydrogen) atoms. The van der Waals surface area contributed by atoms with Gasteiger partial charge in [-0.2, -0.15) is 0 Å². The Morgan fingerprint density at radius 1 is 1.17 bits per heavy atom. The molecule has 0 heterocycles. The van der Waals surface area contributed by atoms with E-state index in [0.29, 0.717) is 5.56 Å². The average Bonchev–Trinajstić information content (AvgIpc) is 2.38. The molecule has 0 aliphatic heterocycles. The summed E-state index contributed by atoms with van der Waals surface area (Å²) < 4.78 is 0. The van der Waals surface area contributed by atoms with E-state index in [1.165, 1.54) is 12.1 Å². The van der Waals surface area contributed by atoms with Gasteiger partial charge in [0.1, 0.15) is 6.29 Å². The topological polar surface area (TPSA) is 60.2 Å². The molecule has 0 aromatic heterocycles. The summed E-state index contributed by atoms with van der Waals surface area (Å²) in [6.45, 7) is 1.88. The third-order valence-electron chi connectivity index (χ3n) is 2.75. The SMILES string of the molecule is Cc1cc(C=O)ccc1-c1cccc([N+](=O)[O-])c1. The van der Waals surface area contributed by atoms with Crippen LogP contribution in [0.1, 0.15) is 15.9 Å². The Balaban J connectivity index is 2.51. The Morgan fingerprint density at radius 3 is 2.56 bits per heavy atom. The van der Waals surface area contributed by atoms with E-state index < -0.39 is 4.92 Å². The fraction of sp³-hybridized carbons (Fsp3) is 0.0714. The van der Waals surface area contributed by atoms with Crippen molar-refractivity contribution in [2.24, 2.45) is 0 Å². The molecule has 0 saturated heterocycles. The van der Waals surface area contributed by atoms with Gasteiger partial charge in [0.05, 0.1) is 4.92 Å². The largest absolute Gasteiger partial charge is 0.298 e. The van der Waals surface area contributed by atoms with Crippen LogP contribution in [0.3, 0.4) is 0 Å². The van der Waals surface area contributed by atoms with Crippen molar-refractivity contribution in [1.29, 1.82) is 0 Å². The third kappa shape index (κ3) is 2.27. The first-order valence-corrected chi connectivity index (χ1v) is 5.42. The van der Waals surface area contributed by atoms with Crippen LogP contribution in [0, 0.1) is 17.0 Å². The Kier molecular flexibility index (Phi) is 3.19. The number of nitro groups is 1. The number of hydrogen-bond acceptors (Lipinski definition) is 3. The Labute approximate surface area is 104 Å². The van der Waals surface area contributed by atoms with Crippen LogP contribution in [0.15, 0.2) is 42.5 Å². The summed E-state index contributed by atoms with van der Waals surface area (Å²) in [5.41, 5.74) is 3.25. The molecule has 2 aromatic carbocycles. The van der Waals surface area contributed by atoms with Gasteiger partial charge in [-0.15, -0.1) is 0 Å². The molecule has 2 aromatic rings. The molecule has 0 atom stereocenters. The molecule has 0 saturated carbocycles. The Hall–Kier alpha value is -2.49. The number of aldehydes is 1. The molecule has 0 aliphatic carbocycles. The predicted molar refractivity (Wildman–Crippen MR) is 68.7 cm³/mol. The lowest BCUT2D eigenvalue weighted by Gasteiger charge is -2.06. The zero-order valence-electron chi connectivity index (χ0n) is 9.79. The standard InChI is InChI=1S/C14H11NO3/c1-10-7-11(9-16)5-6-14(10)12-3-2-4-13(8-12)15(17)18/h2-9H,1H3. The zero-order chi connectivity index (χ0) is 13.1. The number of nitro benzene ring substituents is 1. The first-order valence-electron chi connectivity index (χ1n) is 5.42. The van der Waals surface area contributed by atoms with Gasteiger partial charge in [0.15, 0.2) is 0 Å². The molecule has 0 radical (unpaired) electrons. The highest BCUT2D eigenvalue weighted by Gasteiger charge is 2.08. The van der Waals surface area contributed by atoms with Gasteiger partial charge < -0.3 is 0 Å². The maximum atomic E-state index is 10.7. The van der Waals surface area contributed by atoms with Crippen molar-refractivity contribution in [2.75, 3.05) is 0 Å². The number of hydrogen-bond donors (Lipinski definition) is 0. The van der Waals surface area contributed by atoms with Crippen LogP contribution in [-0.4, -0.2) is 11.2 Å². The van der Waals surface area contributed by atoms with Crippen molar-refractivity contribution >= 4 is 12.0 Å². The lowest BCUT2D eigenvalue weighted by Crippen LogP contribution is -1.90. The van der Waals surface area contributed by atoms with Gasteiger partial charge in [0, 0.05) is 17.7 Å². The number of non-ortho nitro benzene ring substituents is 1. The molecule has 4 nitrogen and oxygen atoms in total. The summed E-state index contributed by atoms with van der Waals surface area (Å²) in [6, 6.07) is 11.7. The van der Waals surface area contributed by atoms with Crippen LogP contribution in [0.5, 0.6) is 0 Å². The van der Waals surface area contributed by atoms with E-state index in [1.807, 2.05) is 13.0 Å². The van der Waals surface area contributed by atoms with Crippen LogP contribution in [0.25, 0.3) is 11.1 Å². The van der Waals surface area contributed by atoms with Gasteiger partial charge >= 0.3 is 0 Å². The van der Waals surface area contributed by atoms with Crippen molar-refractivity contribution in [2.45, 2.75) is 6.92 Å². The fourth-order valence-corrected chi connectivity index (χ4v) is 1.87. The molecular weight excluding hydrogens is 230 g/mol. The van der Waals surface area contributed by atoms with Crippen LogP contribution in [0.4, 0.5) is 5.69 Å². The molecule has 0 N–H and O–H groups in total. The van der Waals surface area contributed by atoms with Gasteiger partial charge in [-0.3, -0.25) is 14.9 Å². The van der Waals surface area contributed by atoms with Crippen LogP contribution >= 0.6 is 0 Å². The molecule has 0 amide bonds. The molecular formula is C14H11NO3. The van der Waals surface area contributed by atoms with E-state index in [0.717, 1.165) is 23.0 Å². The number of carbonyl (C=O) groups excluding carboxylic acids is 1. The predicted octanol–water partition coefficient (Wildman–Crippen LogP) is 3.38. The normalized spacial score (nSPS) is 10.1. The lowest BCUT2D eigenvalue weighted by atomic mass is 9.98. The summed E-state index contributed by atoms with van der Waals surface area (Å²) in [6.07, 6.45) is 0.782. The maximum absolute atomic E-state index is 10.7. The molecule has 0 spiro atoms. The minimum absolute atomic E-state index is 0.0614. The second-order valence-electron chi connectivity index (χ2n) is 4.00. The second kappa shape index (κ2) is 4.79. The monoisotopic (exact) mass is 241 g/mol. The van der Waals surface area contributed by atoms with Crippen molar-refractivity contribution in [1.82, 2.24) is 0 Å². The highest BCUT2D eigenvalue weighted by Crippen LogP contribution is 2.27. The minimum Gasteiger partial charge on any atom is -0.298 e. The van der Waals surface area contributed by atoms with E-state index in [-0.39, 0.29) is 5.69 Å². The quantitative estimate of drug-likeness (QED) is 0.470. The van der Waals surface area contributed by atoms with E-state index in [2.05, 4.69) is 0 Å².